The van der Waals surface area contributed by atoms with E-state index < -0.39 is 0 Å². The molecule has 0 spiro atoms. The molecule has 3 heterocycles. The molecule has 1 N–H and O–H groups in total. The van der Waals surface area contributed by atoms with Gasteiger partial charge < -0.3 is 9.84 Å². The van der Waals surface area contributed by atoms with Crippen LogP contribution in [0.5, 0.6) is 0 Å². The summed E-state index contributed by atoms with van der Waals surface area (Å²) in [5.41, 5.74) is 4.20. The van der Waals surface area contributed by atoms with Crippen LogP contribution in [-0.4, -0.2) is 21.0 Å². The van der Waals surface area contributed by atoms with E-state index in [4.69, 9.17) is 4.52 Å². The number of nitrogens with zero attached hydrogens (tertiary/aromatic N) is 3. The standard InChI is InChI=1S/C19H20N4O2S/c1-12-6-4-7-15(22-12)10-21-18(24)16-8-5-9-20-19(16)26-11-17-13(2)23-25-14(17)3/h4-9H,10-11H2,1-3H3,(H,21,24). The lowest BCUT2D eigenvalue weighted by Crippen LogP contribution is -2.24. The summed E-state index contributed by atoms with van der Waals surface area (Å²) in [4.78, 5) is 21.4. The van der Waals surface area contributed by atoms with Gasteiger partial charge in [-0.3, -0.25) is 9.78 Å². The molecule has 0 bridgehead atoms. The first kappa shape index (κ1) is 18.1. The Morgan fingerprint density at radius 3 is 2.77 bits per heavy atom. The number of aromatic nitrogens is 3. The van der Waals surface area contributed by atoms with Gasteiger partial charge in [-0.1, -0.05) is 11.2 Å². The minimum absolute atomic E-state index is 0.164. The molecule has 26 heavy (non-hydrogen) atoms. The summed E-state index contributed by atoms with van der Waals surface area (Å²) in [6.07, 6.45) is 1.69. The second-order valence-corrected chi connectivity index (χ2v) is 6.86. The molecule has 0 aliphatic heterocycles. The number of nitrogens with one attached hydrogen (secondary N) is 1. The molecule has 3 aromatic heterocycles. The van der Waals surface area contributed by atoms with Crippen LogP contribution < -0.4 is 5.32 Å². The number of carbonyl (C=O) groups excluding carboxylic acids is 1. The van der Waals surface area contributed by atoms with E-state index in [-0.39, 0.29) is 5.91 Å². The fraction of sp³-hybridized carbons (Fsp3) is 0.263. The van der Waals surface area contributed by atoms with Gasteiger partial charge >= 0.3 is 0 Å². The number of rotatable bonds is 6. The minimum atomic E-state index is -0.164. The van der Waals surface area contributed by atoms with Crippen molar-refractivity contribution >= 4 is 17.7 Å². The second-order valence-electron chi connectivity index (χ2n) is 5.90. The van der Waals surface area contributed by atoms with Gasteiger partial charge in [0, 0.05) is 23.2 Å². The zero-order chi connectivity index (χ0) is 18.5. The lowest BCUT2D eigenvalue weighted by atomic mass is 10.2. The maximum absolute atomic E-state index is 12.6. The number of aryl methyl sites for hydroxylation is 3. The van der Waals surface area contributed by atoms with Crippen molar-refractivity contribution in [3.05, 3.63) is 70.5 Å². The summed E-state index contributed by atoms with van der Waals surface area (Å²) >= 11 is 1.50. The van der Waals surface area contributed by atoms with Crippen molar-refractivity contribution in [1.82, 2.24) is 20.4 Å². The fourth-order valence-corrected chi connectivity index (χ4v) is 3.64. The van der Waals surface area contributed by atoms with Crippen LogP contribution in [0.15, 0.2) is 46.1 Å². The van der Waals surface area contributed by atoms with E-state index in [2.05, 4.69) is 20.4 Å². The monoisotopic (exact) mass is 368 g/mol. The van der Waals surface area contributed by atoms with Crippen molar-refractivity contribution in [3.8, 4) is 0 Å². The molecule has 0 saturated heterocycles. The first-order valence-electron chi connectivity index (χ1n) is 8.25. The van der Waals surface area contributed by atoms with E-state index in [1.54, 1.807) is 18.3 Å². The van der Waals surface area contributed by atoms with Crippen molar-refractivity contribution in [1.29, 1.82) is 0 Å². The van der Waals surface area contributed by atoms with Gasteiger partial charge in [-0.15, -0.1) is 11.8 Å². The molecule has 1 amide bonds. The predicted molar refractivity (Wildman–Crippen MR) is 99.9 cm³/mol. The Morgan fingerprint density at radius 2 is 2.04 bits per heavy atom. The number of hydrogen-bond donors (Lipinski definition) is 1. The Kier molecular flexibility index (Phi) is 5.68. The smallest absolute Gasteiger partial charge is 0.254 e. The first-order valence-corrected chi connectivity index (χ1v) is 9.23. The summed E-state index contributed by atoms with van der Waals surface area (Å²) < 4.78 is 5.19. The quantitative estimate of drug-likeness (QED) is 0.670. The normalized spacial score (nSPS) is 10.7. The van der Waals surface area contributed by atoms with Gasteiger partial charge in [-0.2, -0.15) is 0 Å². The van der Waals surface area contributed by atoms with E-state index in [0.717, 1.165) is 28.4 Å². The number of pyridine rings is 2. The van der Waals surface area contributed by atoms with Crippen molar-refractivity contribution < 1.29 is 9.32 Å². The van der Waals surface area contributed by atoms with Crippen LogP contribution in [0.4, 0.5) is 0 Å². The molecule has 6 nitrogen and oxygen atoms in total. The molecule has 0 fully saturated rings. The van der Waals surface area contributed by atoms with Crippen molar-refractivity contribution in [2.45, 2.75) is 38.1 Å². The molecule has 3 aromatic rings. The largest absolute Gasteiger partial charge is 0.361 e. The second kappa shape index (κ2) is 8.14. The maximum Gasteiger partial charge on any atom is 0.254 e. The van der Waals surface area contributed by atoms with Crippen LogP contribution in [0.25, 0.3) is 0 Å². The zero-order valence-corrected chi connectivity index (χ0v) is 15.8. The third kappa shape index (κ3) is 4.29. The molecule has 0 aliphatic carbocycles. The number of hydrogen-bond acceptors (Lipinski definition) is 6. The molecular weight excluding hydrogens is 348 g/mol. The summed E-state index contributed by atoms with van der Waals surface area (Å²) in [6.45, 7) is 6.10. The average molecular weight is 368 g/mol. The Hall–Kier alpha value is -2.67. The number of amides is 1. The van der Waals surface area contributed by atoms with Crippen LogP contribution in [0.1, 0.15) is 38.8 Å². The van der Waals surface area contributed by atoms with Gasteiger partial charge in [0.05, 0.1) is 23.5 Å². The Bertz CT molecular complexity index is 904. The average Bonchev–Trinajstić information content (AvgIpc) is 2.96. The molecule has 0 radical (unpaired) electrons. The van der Waals surface area contributed by atoms with Gasteiger partial charge in [-0.05, 0) is 45.0 Å². The van der Waals surface area contributed by atoms with Crippen LogP contribution in [0.2, 0.25) is 0 Å². The first-order chi connectivity index (χ1) is 12.5. The third-order valence-electron chi connectivity index (χ3n) is 3.93. The molecule has 0 unspecified atom stereocenters. The molecule has 0 saturated carbocycles. The molecular formula is C19H20N4O2S. The van der Waals surface area contributed by atoms with Gasteiger partial charge in [0.1, 0.15) is 10.8 Å². The van der Waals surface area contributed by atoms with Crippen molar-refractivity contribution in [3.63, 3.8) is 0 Å². The fourth-order valence-electron chi connectivity index (χ4n) is 2.49. The molecule has 134 valence electrons. The van der Waals surface area contributed by atoms with Crippen molar-refractivity contribution in [2.75, 3.05) is 0 Å². The lowest BCUT2D eigenvalue weighted by molar-refractivity contribution is 0.0946. The third-order valence-corrected chi connectivity index (χ3v) is 4.96. The topological polar surface area (TPSA) is 80.9 Å². The van der Waals surface area contributed by atoms with Gasteiger partial charge in [0.25, 0.3) is 5.91 Å². The van der Waals surface area contributed by atoms with Gasteiger partial charge in [-0.25, -0.2) is 4.98 Å². The highest BCUT2D eigenvalue weighted by atomic mass is 32.2. The number of carbonyl (C=O) groups is 1. The summed E-state index contributed by atoms with van der Waals surface area (Å²) in [5, 5.41) is 7.56. The highest BCUT2D eigenvalue weighted by molar-refractivity contribution is 7.98. The maximum atomic E-state index is 12.6. The molecule has 0 aromatic carbocycles. The highest BCUT2D eigenvalue weighted by Crippen LogP contribution is 2.27. The van der Waals surface area contributed by atoms with Crippen LogP contribution in [0, 0.1) is 20.8 Å². The number of thioether (sulfide) groups is 1. The molecule has 0 aliphatic rings. The van der Waals surface area contributed by atoms with Crippen molar-refractivity contribution in [2.24, 2.45) is 0 Å². The lowest BCUT2D eigenvalue weighted by Gasteiger charge is -2.09. The Balaban J connectivity index is 1.69. The van der Waals surface area contributed by atoms with E-state index >= 15 is 0 Å². The summed E-state index contributed by atoms with van der Waals surface area (Å²) in [7, 11) is 0. The Morgan fingerprint density at radius 1 is 1.19 bits per heavy atom. The zero-order valence-electron chi connectivity index (χ0n) is 14.9. The Labute approximate surface area is 156 Å². The minimum Gasteiger partial charge on any atom is -0.361 e. The van der Waals surface area contributed by atoms with Crippen LogP contribution in [0.3, 0.4) is 0 Å². The van der Waals surface area contributed by atoms with E-state index in [1.165, 1.54) is 11.8 Å². The van der Waals surface area contributed by atoms with E-state index in [0.29, 0.717) is 22.9 Å². The molecule has 0 atom stereocenters. The summed E-state index contributed by atoms with van der Waals surface area (Å²) in [6, 6.07) is 9.29. The van der Waals surface area contributed by atoms with Gasteiger partial charge in [0.2, 0.25) is 0 Å². The molecule has 3 rings (SSSR count). The van der Waals surface area contributed by atoms with Crippen LogP contribution >= 0.6 is 11.8 Å². The highest BCUT2D eigenvalue weighted by Gasteiger charge is 2.15. The van der Waals surface area contributed by atoms with Crippen LogP contribution in [-0.2, 0) is 12.3 Å². The van der Waals surface area contributed by atoms with Gasteiger partial charge in [0.15, 0.2) is 0 Å². The SMILES string of the molecule is Cc1cccc(CNC(=O)c2cccnc2SCc2c(C)noc2C)n1. The summed E-state index contributed by atoms with van der Waals surface area (Å²) in [5.74, 6) is 1.28. The van der Waals surface area contributed by atoms with E-state index in [9.17, 15) is 4.79 Å². The predicted octanol–water partition coefficient (Wildman–Crippen LogP) is 3.61. The molecule has 7 heteroatoms. The van der Waals surface area contributed by atoms with E-state index in [1.807, 2.05) is 39.0 Å².